The predicted octanol–water partition coefficient (Wildman–Crippen LogP) is 2.17. The molecule has 1 aliphatic carbocycles. The van der Waals surface area contributed by atoms with Crippen LogP contribution in [-0.4, -0.2) is 63.4 Å². The molecule has 2 atom stereocenters. The van der Waals surface area contributed by atoms with Crippen LogP contribution in [0, 0.1) is 5.82 Å². The minimum absolute atomic E-state index is 0.0534. The first-order valence-electron chi connectivity index (χ1n) is 10.6. The highest BCUT2D eigenvalue weighted by Crippen LogP contribution is 2.40. The fourth-order valence-electron chi connectivity index (χ4n) is 4.98. The Kier molecular flexibility index (Phi) is 6.31. The molecule has 0 aromatic heterocycles. The molecule has 3 heterocycles. The average Bonchev–Trinajstić information content (AvgIpc) is 2.71. The van der Waals surface area contributed by atoms with Gasteiger partial charge in [-0.2, -0.15) is 0 Å². The first kappa shape index (κ1) is 21.5. The van der Waals surface area contributed by atoms with Gasteiger partial charge in [0.15, 0.2) is 18.2 Å². The number of halogens is 1. The number of rotatable bonds is 2. The third-order valence-electron chi connectivity index (χ3n) is 6.42. The van der Waals surface area contributed by atoms with E-state index in [4.69, 9.17) is 9.47 Å². The molecule has 30 heavy (non-hydrogen) atoms. The summed E-state index contributed by atoms with van der Waals surface area (Å²) in [6.45, 7) is 0.483. The third kappa shape index (κ3) is 4.78. The number of nitrogens with one attached hydrogen (secondary N) is 1. The molecule has 7 nitrogen and oxygen atoms in total. The van der Waals surface area contributed by atoms with E-state index >= 15 is 0 Å². The van der Waals surface area contributed by atoms with Gasteiger partial charge in [0.25, 0.3) is 5.91 Å². The molecule has 3 aliphatic heterocycles. The Morgan fingerprint density at radius 2 is 1.93 bits per heavy atom. The van der Waals surface area contributed by atoms with Crippen molar-refractivity contribution in [3.8, 4) is 5.75 Å². The van der Waals surface area contributed by atoms with Crippen LogP contribution in [0.15, 0.2) is 18.2 Å². The summed E-state index contributed by atoms with van der Waals surface area (Å²) in [7, 11) is -3.43. The van der Waals surface area contributed by atoms with Crippen molar-refractivity contribution in [2.24, 2.45) is 0 Å². The molecule has 1 saturated heterocycles. The van der Waals surface area contributed by atoms with Crippen molar-refractivity contribution in [3.05, 3.63) is 29.6 Å². The quantitative estimate of drug-likeness (QED) is 0.762. The summed E-state index contributed by atoms with van der Waals surface area (Å²) in [5.74, 6) is -0.410. The Bertz CT molecular complexity index is 885. The molecule has 4 aliphatic rings. The molecular weight excluding hydrogens is 411 g/mol. The zero-order chi connectivity index (χ0) is 21.3. The lowest BCUT2D eigenvalue weighted by Gasteiger charge is -2.41. The fourth-order valence-corrected chi connectivity index (χ4v) is 5.80. The van der Waals surface area contributed by atoms with Gasteiger partial charge in [-0.05, 0) is 50.5 Å². The molecule has 1 N–H and O–H groups in total. The van der Waals surface area contributed by atoms with Crippen LogP contribution in [0.5, 0.6) is 5.75 Å². The van der Waals surface area contributed by atoms with Gasteiger partial charge in [0.1, 0.15) is 0 Å². The standard InChI is InChI=1S/C21H29FN2O5S/c1-30(26,27)23-18-6-3-11-24-19(18)12-28-15-9-7-14(8-10-15)16-4-2-5-17(22)21(16)29-13-20(24)25/h2,4-5,14-15,18-19,23H,3,6-13H2,1H3/t14?,15?,18?,19-/m0/s1. The van der Waals surface area contributed by atoms with Crippen LogP contribution in [0.4, 0.5) is 4.39 Å². The lowest BCUT2D eigenvalue weighted by molar-refractivity contribution is -0.140. The monoisotopic (exact) mass is 440 g/mol. The van der Waals surface area contributed by atoms with Gasteiger partial charge in [0.2, 0.25) is 10.0 Å². The van der Waals surface area contributed by atoms with Gasteiger partial charge >= 0.3 is 0 Å². The summed E-state index contributed by atoms with van der Waals surface area (Å²) in [5, 5.41) is 0. The van der Waals surface area contributed by atoms with Crippen LogP contribution in [0.25, 0.3) is 0 Å². The largest absolute Gasteiger partial charge is 0.480 e. The Morgan fingerprint density at radius 3 is 2.67 bits per heavy atom. The number of carbonyl (C=O) groups is 1. The van der Waals surface area contributed by atoms with Crippen LogP contribution in [-0.2, 0) is 19.6 Å². The Hall–Kier alpha value is -1.71. The van der Waals surface area contributed by atoms with E-state index in [0.717, 1.165) is 37.5 Å². The number of hydrogen-bond acceptors (Lipinski definition) is 5. The summed E-state index contributed by atoms with van der Waals surface area (Å²) < 4.78 is 52.9. The second-order valence-corrected chi connectivity index (χ2v) is 10.3. The van der Waals surface area contributed by atoms with Gasteiger partial charge in [-0.25, -0.2) is 17.5 Å². The SMILES string of the molecule is CS(=O)(=O)NC1CCCN2C(=O)COc3c(F)cccc3C3CCC(CC3)OC[C@@H]12. The number of hydrogen-bond donors (Lipinski definition) is 1. The van der Waals surface area contributed by atoms with Crippen molar-refractivity contribution >= 4 is 15.9 Å². The molecule has 5 rings (SSSR count). The van der Waals surface area contributed by atoms with Crippen molar-refractivity contribution in [1.82, 2.24) is 9.62 Å². The van der Waals surface area contributed by atoms with Crippen LogP contribution in [0.3, 0.4) is 0 Å². The zero-order valence-corrected chi connectivity index (χ0v) is 18.0. The maximum absolute atomic E-state index is 14.6. The number of para-hydroxylation sites is 1. The Labute approximate surface area is 177 Å². The number of piperidine rings is 1. The van der Waals surface area contributed by atoms with E-state index in [1.165, 1.54) is 6.07 Å². The van der Waals surface area contributed by atoms with E-state index in [9.17, 15) is 17.6 Å². The third-order valence-corrected chi connectivity index (χ3v) is 7.15. The van der Waals surface area contributed by atoms with Crippen LogP contribution in [0.1, 0.15) is 50.0 Å². The molecule has 1 unspecified atom stereocenters. The highest BCUT2D eigenvalue weighted by atomic mass is 32.2. The second-order valence-electron chi connectivity index (χ2n) is 8.55. The molecule has 1 aromatic carbocycles. The van der Waals surface area contributed by atoms with E-state index < -0.39 is 27.9 Å². The zero-order valence-electron chi connectivity index (χ0n) is 17.2. The van der Waals surface area contributed by atoms with Crippen molar-refractivity contribution in [2.45, 2.75) is 62.6 Å². The number of fused-ring (bicyclic) bond motifs is 5. The lowest BCUT2D eigenvalue weighted by atomic mass is 9.82. The summed E-state index contributed by atoms with van der Waals surface area (Å²) in [6.07, 6.45) is 5.88. The van der Waals surface area contributed by atoms with E-state index in [2.05, 4.69) is 4.72 Å². The Morgan fingerprint density at radius 1 is 1.17 bits per heavy atom. The first-order valence-corrected chi connectivity index (χ1v) is 12.5. The molecule has 2 fully saturated rings. The molecular formula is C21H29FN2O5S. The van der Waals surface area contributed by atoms with Crippen LogP contribution < -0.4 is 9.46 Å². The van der Waals surface area contributed by atoms with Gasteiger partial charge in [-0.15, -0.1) is 0 Å². The molecule has 0 radical (unpaired) electrons. The summed E-state index contributed by atoms with van der Waals surface area (Å²) in [4.78, 5) is 14.6. The topological polar surface area (TPSA) is 84.9 Å². The van der Waals surface area contributed by atoms with Crippen molar-refractivity contribution < 1.29 is 27.1 Å². The van der Waals surface area contributed by atoms with Gasteiger partial charge in [0, 0.05) is 18.2 Å². The number of ether oxygens (including phenoxy) is 2. The average molecular weight is 441 g/mol. The molecule has 1 saturated carbocycles. The number of nitrogens with zero attached hydrogens (tertiary/aromatic N) is 1. The molecule has 0 spiro atoms. The molecule has 1 aromatic rings. The van der Waals surface area contributed by atoms with Crippen molar-refractivity contribution in [2.75, 3.05) is 26.0 Å². The fraction of sp³-hybridized carbons (Fsp3) is 0.667. The minimum atomic E-state index is -3.43. The van der Waals surface area contributed by atoms with Gasteiger partial charge in [-0.3, -0.25) is 4.79 Å². The maximum atomic E-state index is 14.6. The number of sulfonamides is 1. The minimum Gasteiger partial charge on any atom is -0.480 e. The maximum Gasteiger partial charge on any atom is 0.260 e. The summed E-state index contributed by atoms with van der Waals surface area (Å²) in [6, 6.07) is 4.09. The number of carbonyl (C=O) groups excluding carboxylic acids is 1. The van der Waals surface area contributed by atoms with Gasteiger partial charge in [-0.1, -0.05) is 12.1 Å². The molecule has 9 heteroatoms. The smallest absolute Gasteiger partial charge is 0.260 e. The normalized spacial score (nSPS) is 30.3. The highest BCUT2D eigenvalue weighted by Gasteiger charge is 2.37. The van der Waals surface area contributed by atoms with Crippen molar-refractivity contribution in [1.29, 1.82) is 0 Å². The summed E-state index contributed by atoms with van der Waals surface area (Å²) >= 11 is 0. The van der Waals surface area contributed by atoms with E-state index in [1.54, 1.807) is 11.0 Å². The highest BCUT2D eigenvalue weighted by molar-refractivity contribution is 7.88. The molecule has 1 amide bonds. The molecule has 2 bridgehead atoms. The van der Waals surface area contributed by atoms with E-state index in [-0.39, 0.29) is 36.9 Å². The first-order chi connectivity index (χ1) is 14.3. The van der Waals surface area contributed by atoms with E-state index in [0.29, 0.717) is 19.4 Å². The number of benzene rings is 1. The van der Waals surface area contributed by atoms with Crippen LogP contribution in [0.2, 0.25) is 0 Å². The van der Waals surface area contributed by atoms with E-state index in [1.807, 2.05) is 6.07 Å². The molecule has 166 valence electrons. The van der Waals surface area contributed by atoms with Crippen molar-refractivity contribution in [3.63, 3.8) is 0 Å². The predicted molar refractivity (Wildman–Crippen MR) is 109 cm³/mol. The lowest BCUT2D eigenvalue weighted by Crippen LogP contribution is -2.59. The van der Waals surface area contributed by atoms with Gasteiger partial charge < -0.3 is 14.4 Å². The number of amides is 1. The van der Waals surface area contributed by atoms with Gasteiger partial charge in [0.05, 0.1) is 25.0 Å². The second kappa shape index (κ2) is 8.80. The Balaban J connectivity index is 1.64. The van der Waals surface area contributed by atoms with Crippen LogP contribution >= 0.6 is 0 Å². The summed E-state index contributed by atoms with van der Waals surface area (Å²) in [5.41, 5.74) is 0.812.